The quantitative estimate of drug-likeness (QED) is 0.147. The van der Waals surface area contributed by atoms with E-state index in [4.69, 9.17) is 12.2 Å². The van der Waals surface area contributed by atoms with Crippen LogP contribution in [0.3, 0.4) is 0 Å². The predicted octanol–water partition coefficient (Wildman–Crippen LogP) is 9.44. The first-order chi connectivity index (χ1) is 16.8. The van der Waals surface area contributed by atoms with Crippen molar-refractivity contribution in [2.24, 2.45) is 0 Å². The van der Waals surface area contributed by atoms with Gasteiger partial charge < -0.3 is 0 Å². The van der Waals surface area contributed by atoms with Crippen LogP contribution in [0, 0.1) is 6.92 Å². The van der Waals surface area contributed by atoms with Crippen LogP contribution < -0.4 is 0 Å². The molecule has 4 rings (SSSR count). The van der Waals surface area contributed by atoms with Crippen LogP contribution >= 0.6 is 24.8 Å². The van der Waals surface area contributed by atoms with Crippen molar-refractivity contribution in [3.05, 3.63) is 129 Å². The van der Waals surface area contributed by atoms with E-state index in [1.54, 1.807) is 0 Å². The molecule has 0 fully saturated rings. The molecule has 0 heterocycles. The number of rotatable bonds is 7. The summed E-state index contributed by atoms with van der Waals surface area (Å²) in [4.78, 5) is 0.959. The van der Waals surface area contributed by atoms with Gasteiger partial charge in [-0.1, -0.05) is 122 Å². The lowest BCUT2D eigenvalue weighted by atomic mass is 9.93. The van der Waals surface area contributed by atoms with Gasteiger partial charge in [-0.15, -0.1) is 0 Å². The Balaban J connectivity index is 0.000000261. The summed E-state index contributed by atoms with van der Waals surface area (Å²) in [6.45, 7) is 12.4. The van der Waals surface area contributed by atoms with E-state index in [2.05, 4.69) is 114 Å². The van der Waals surface area contributed by atoms with Gasteiger partial charge in [0.15, 0.2) is 0 Å². The van der Waals surface area contributed by atoms with E-state index in [-0.39, 0.29) is 0 Å². The van der Waals surface area contributed by atoms with Crippen LogP contribution in [0.2, 0.25) is 0 Å². The molecule has 0 spiro atoms. The number of hydrogen-bond donors (Lipinski definition) is 1. The Morgan fingerprint density at radius 3 is 2.31 bits per heavy atom. The van der Waals surface area contributed by atoms with Gasteiger partial charge in [0.1, 0.15) is 0 Å². The smallest absolute Gasteiger partial charge is 0.0487 e. The van der Waals surface area contributed by atoms with Gasteiger partial charge in [0.25, 0.3) is 0 Å². The lowest BCUT2D eigenvalue weighted by Crippen LogP contribution is -2.05. The number of thiol groups is 1. The Morgan fingerprint density at radius 2 is 1.71 bits per heavy atom. The molecule has 3 aromatic rings. The molecule has 1 unspecified atom stereocenters. The molecular weight excluding hydrogens is 460 g/mol. The van der Waals surface area contributed by atoms with E-state index in [1.165, 1.54) is 44.5 Å². The topological polar surface area (TPSA) is 0 Å². The summed E-state index contributed by atoms with van der Waals surface area (Å²) in [5.74, 6) is 1.16. The minimum Gasteiger partial charge on any atom is -0.175 e. The van der Waals surface area contributed by atoms with E-state index in [9.17, 15) is 0 Å². The Bertz CT molecular complexity index is 1220. The van der Waals surface area contributed by atoms with Gasteiger partial charge in [-0.2, -0.15) is 12.6 Å². The van der Waals surface area contributed by atoms with Crippen molar-refractivity contribution in [2.75, 3.05) is 5.75 Å². The first-order valence-corrected chi connectivity index (χ1v) is 13.3. The molecule has 0 N–H and O–H groups in total. The average molecular weight is 497 g/mol. The molecule has 1 aliphatic rings. The molecule has 35 heavy (non-hydrogen) atoms. The van der Waals surface area contributed by atoms with Crippen LogP contribution in [0.15, 0.2) is 96.1 Å². The highest BCUT2D eigenvalue weighted by Crippen LogP contribution is 2.38. The third-order valence-corrected chi connectivity index (χ3v) is 7.19. The molecule has 180 valence electrons. The molecule has 0 aliphatic heterocycles. The fraction of sp³-hybridized carbons (Fsp3) is 0.242. The van der Waals surface area contributed by atoms with E-state index < -0.39 is 0 Å². The first kappa shape index (κ1) is 26.9. The third-order valence-electron chi connectivity index (χ3n) is 6.31. The highest BCUT2D eigenvalue weighted by molar-refractivity contribution is 7.81. The van der Waals surface area contributed by atoms with Crippen LogP contribution in [0.4, 0.5) is 0 Å². The summed E-state index contributed by atoms with van der Waals surface area (Å²) >= 11 is 10.2. The van der Waals surface area contributed by atoms with Crippen molar-refractivity contribution in [1.82, 2.24) is 0 Å². The van der Waals surface area contributed by atoms with E-state index in [0.717, 1.165) is 29.0 Å². The molecule has 0 aromatic heterocycles. The van der Waals surface area contributed by atoms with Crippen LogP contribution in [-0.2, 0) is 6.42 Å². The fourth-order valence-corrected chi connectivity index (χ4v) is 4.92. The van der Waals surface area contributed by atoms with Crippen LogP contribution in [0.25, 0.3) is 12.2 Å². The van der Waals surface area contributed by atoms with Gasteiger partial charge in [-0.25, -0.2) is 0 Å². The van der Waals surface area contributed by atoms with Crippen LogP contribution in [0.1, 0.15) is 66.5 Å². The van der Waals surface area contributed by atoms with Crippen molar-refractivity contribution in [1.29, 1.82) is 0 Å². The SMILES string of the molecule is C=C(C)Cc1ccc(C)cc1.CC/C(=C\c1ccc2c(c1)C=C(C(=S)c1ccccc1)C2C)CS. The highest BCUT2D eigenvalue weighted by atomic mass is 32.1. The van der Waals surface area contributed by atoms with Gasteiger partial charge in [-0.05, 0) is 72.2 Å². The van der Waals surface area contributed by atoms with Gasteiger partial charge in [-0.3, -0.25) is 0 Å². The van der Waals surface area contributed by atoms with Gasteiger partial charge >= 0.3 is 0 Å². The minimum absolute atomic E-state index is 0.348. The standard InChI is InChI=1S/C22H22S2.C11H14/c1-3-16(14-23)11-17-9-10-20-15(2)21(13-19(20)12-17)22(24)18-7-5-4-6-8-18;1-9(2)8-11-6-4-10(3)5-7-11/h4-13,15,23H,3,14H2,1-2H3;4-7H,1,8H2,2-3H3/b16-11+;. The molecular formula is C33H36S2. The Morgan fingerprint density at radius 1 is 1.03 bits per heavy atom. The zero-order chi connectivity index (χ0) is 25.4. The maximum Gasteiger partial charge on any atom is 0.0487 e. The zero-order valence-corrected chi connectivity index (χ0v) is 23.1. The second kappa shape index (κ2) is 12.9. The van der Waals surface area contributed by atoms with Crippen LogP contribution in [0.5, 0.6) is 0 Å². The fourth-order valence-electron chi connectivity index (χ4n) is 4.23. The third kappa shape index (κ3) is 7.40. The molecule has 2 heteroatoms. The van der Waals surface area contributed by atoms with E-state index in [1.807, 2.05) is 18.2 Å². The molecule has 0 bridgehead atoms. The summed E-state index contributed by atoms with van der Waals surface area (Å²) in [6.07, 6.45) is 6.55. The number of fused-ring (bicyclic) bond motifs is 1. The van der Waals surface area contributed by atoms with E-state index >= 15 is 0 Å². The molecule has 1 atom stereocenters. The number of aryl methyl sites for hydroxylation is 1. The maximum atomic E-state index is 5.75. The van der Waals surface area contributed by atoms with E-state index in [0.29, 0.717) is 5.92 Å². The highest BCUT2D eigenvalue weighted by Gasteiger charge is 2.24. The van der Waals surface area contributed by atoms with Crippen molar-refractivity contribution >= 4 is 41.9 Å². The zero-order valence-electron chi connectivity index (χ0n) is 21.3. The minimum atomic E-state index is 0.348. The Hall–Kier alpha value is -2.68. The molecule has 0 saturated carbocycles. The number of benzene rings is 3. The van der Waals surface area contributed by atoms with Crippen molar-refractivity contribution in [3.8, 4) is 0 Å². The summed E-state index contributed by atoms with van der Waals surface area (Å²) < 4.78 is 0. The number of allylic oxidation sites excluding steroid dienone is 2. The summed E-state index contributed by atoms with van der Waals surface area (Å²) in [5.41, 5.74) is 11.5. The average Bonchev–Trinajstić information content (AvgIpc) is 3.19. The van der Waals surface area contributed by atoms with Crippen LogP contribution in [-0.4, -0.2) is 10.6 Å². The van der Waals surface area contributed by atoms with Gasteiger partial charge in [0.05, 0.1) is 0 Å². The summed E-state index contributed by atoms with van der Waals surface area (Å²) in [5, 5.41) is 0. The van der Waals surface area contributed by atoms with Gasteiger partial charge in [0.2, 0.25) is 0 Å². The molecule has 1 aliphatic carbocycles. The monoisotopic (exact) mass is 496 g/mol. The predicted molar refractivity (Wildman–Crippen MR) is 163 cm³/mol. The molecule has 0 amide bonds. The Kier molecular flexibility index (Phi) is 9.89. The number of hydrogen-bond acceptors (Lipinski definition) is 2. The first-order valence-electron chi connectivity index (χ1n) is 12.3. The summed E-state index contributed by atoms with van der Waals surface area (Å²) in [6, 6.07) is 25.6. The second-order valence-electron chi connectivity index (χ2n) is 9.34. The largest absolute Gasteiger partial charge is 0.175 e. The van der Waals surface area contributed by atoms with Gasteiger partial charge in [0, 0.05) is 16.5 Å². The normalized spacial score (nSPS) is 14.5. The summed E-state index contributed by atoms with van der Waals surface area (Å²) in [7, 11) is 0. The number of thiocarbonyl (C=S) groups is 1. The molecule has 0 nitrogen and oxygen atoms in total. The molecule has 0 saturated heterocycles. The van der Waals surface area contributed by atoms with Crippen molar-refractivity contribution in [2.45, 2.75) is 46.5 Å². The Labute approximate surface area is 222 Å². The van der Waals surface area contributed by atoms with Crippen molar-refractivity contribution in [3.63, 3.8) is 0 Å². The lowest BCUT2D eigenvalue weighted by Gasteiger charge is -2.13. The maximum absolute atomic E-state index is 5.75. The molecule has 0 radical (unpaired) electrons. The molecule has 3 aromatic carbocycles. The lowest BCUT2D eigenvalue weighted by molar-refractivity contribution is 0.963. The van der Waals surface area contributed by atoms with Crippen molar-refractivity contribution < 1.29 is 0 Å². The second-order valence-corrected chi connectivity index (χ2v) is 10.1.